The van der Waals surface area contributed by atoms with E-state index in [9.17, 15) is 19.5 Å². The number of hydrogen-bond acceptors (Lipinski definition) is 5. The predicted octanol–water partition coefficient (Wildman–Crippen LogP) is 6.69. The second kappa shape index (κ2) is 18.8. The third-order valence-corrected chi connectivity index (χ3v) is 6.77. The summed E-state index contributed by atoms with van der Waals surface area (Å²) in [6, 6.07) is 0. The van der Waals surface area contributed by atoms with Crippen LogP contribution in [-0.4, -0.2) is 36.2 Å². The van der Waals surface area contributed by atoms with Crippen LogP contribution in [-0.2, 0) is 23.9 Å². The zero-order chi connectivity index (χ0) is 24.3. The van der Waals surface area contributed by atoms with Gasteiger partial charge in [0.25, 0.3) is 0 Å². The van der Waals surface area contributed by atoms with Gasteiger partial charge >= 0.3 is 17.9 Å². The lowest BCUT2D eigenvalue weighted by atomic mass is 9.72. The van der Waals surface area contributed by atoms with E-state index in [-0.39, 0.29) is 6.61 Å². The van der Waals surface area contributed by atoms with Crippen molar-refractivity contribution >= 4 is 17.9 Å². The first-order chi connectivity index (χ1) is 16.0. The highest BCUT2D eigenvalue weighted by Gasteiger charge is 2.46. The van der Waals surface area contributed by atoms with Crippen LogP contribution in [0, 0.1) is 17.8 Å². The molecular formula is C27H48O6. The molecule has 33 heavy (non-hydrogen) atoms. The molecule has 0 heterocycles. The van der Waals surface area contributed by atoms with E-state index in [2.05, 4.69) is 13.8 Å². The molecule has 0 aromatic rings. The molecule has 192 valence electrons. The summed E-state index contributed by atoms with van der Waals surface area (Å²) in [5, 5.41) is 9.64. The van der Waals surface area contributed by atoms with Crippen LogP contribution in [0.1, 0.15) is 123 Å². The van der Waals surface area contributed by atoms with E-state index in [1.165, 1.54) is 51.4 Å². The molecule has 3 atom stereocenters. The van der Waals surface area contributed by atoms with Gasteiger partial charge in [-0.25, -0.2) is 0 Å². The Morgan fingerprint density at radius 1 is 0.636 bits per heavy atom. The first-order valence-electron chi connectivity index (χ1n) is 13.6. The first kappa shape index (κ1) is 29.4. The second-order valence-corrected chi connectivity index (χ2v) is 9.59. The maximum atomic E-state index is 12.8. The fourth-order valence-corrected chi connectivity index (χ4v) is 4.73. The minimum atomic E-state index is -1.03. The van der Waals surface area contributed by atoms with Gasteiger partial charge in [0.05, 0.1) is 31.0 Å². The van der Waals surface area contributed by atoms with E-state index < -0.39 is 35.7 Å². The minimum absolute atomic E-state index is 0.287. The zero-order valence-corrected chi connectivity index (χ0v) is 21.2. The van der Waals surface area contributed by atoms with Crippen LogP contribution < -0.4 is 0 Å². The normalized spacial score (nSPS) is 20.4. The van der Waals surface area contributed by atoms with Gasteiger partial charge in [0.1, 0.15) is 0 Å². The molecule has 0 bridgehead atoms. The van der Waals surface area contributed by atoms with E-state index in [4.69, 9.17) is 9.47 Å². The molecule has 0 spiro atoms. The SMILES string of the molecule is CCCCCCCCCOC(=O)C1CCCC(C(=O)O)C1C(=O)OCCCCCCCCC. The summed E-state index contributed by atoms with van der Waals surface area (Å²) in [6.07, 6.45) is 17.2. The van der Waals surface area contributed by atoms with Crippen LogP contribution in [0.2, 0.25) is 0 Å². The number of hydrogen-bond donors (Lipinski definition) is 1. The molecule has 6 nitrogen and oxygen atoms in total. The molecule has 0 radical (unpaired) electrons. The molecular weight excluding hydrogens is 420 g/mol. The van der Waals surface area contributed by atoms with Crippen molar-refractivity contribution in [3.63, 3.8) is 0 Å². The number of carboxylic acid groups (broad SMARTS) is 1. The van der Waals surface area contributed by atoms with Crippen molar-refractivity contribution < 1.29 is 29.0 Å². The van der Waals surface area contributed by atoms with Crippen LogP contribution in [0.4, 0.5) is 0 Å². The number of unbranched alkanes of at least 4 members (excludes halogenated alkanes) is 12. The molecule has 1 N–H and O–H groups in total. The minimum Gasteiger partial charge on any atom is -0.481 e. The molecule has 0 aliphatic heterocycles. The number of carbonyl (C=O) groups is 3. The van der Waals surface area contributed by atoms with Gasteiger partial charge in [-0.05, 0) is 25.7 Å². The number of aliphatic carboxylic acids is 1. The maximum Gasteiger partial charge on any atom is 0.310 e. The topological polar surface area (TPSA) is 89.9 Å². The lowest BCUT2D eigenvalue weighted by Gasteiger charge is -2.33. The fraction of sp³-hybridized carbons (Fsp3) is 0.889. The standard InChI is InChI=1S/C27H48O6/c1-3-5-7-9-11-13-15-20-32-26(30)23-19-17-18-22(25(28)29)24(23)27(31)33-21-16-14-12-10-8-6-4-2/h22-24H,3-21H2,1-2H3,(H,28,29). The number of carboxylic acids is 1. The summed E-state index contributed by atoms with van der Waals surface area (Å²) >= 11 is 0. The summed E-state index contributed by atoms with van der Waals surface area (Å²) in [6.45, 7) is 5.00. The Hall–Kier alpha value is -1.59. The Bertz CT molecular complexity index is 547. The summed E-state index contributed by atoms with van der Waals surface area (Å²) in [5.41, 5.74) is 0. The first-order valence-corrected chi connectivity index (χ1v) is 13.6. The number of carbonyl (C=O) groups excluding carboxylic acids is 2. The Kier molecular flexibility index (Phi) is 16.8. The van der Waals surface area contributed by atoms with Crippen molar-refractivity contribution in [2.75, 3.05) is 13.2 Å². The maximum absolute atomic E-state index is 12.8. The van der Waals surface area contributed by atoms with E-state index in [0.29, 0.717) is 25.9 Å². The van der Waals surface area contributed by atoms with E-state index in [0.717, 1.165) is 38.5 Å². The molecule has 1 aliphatic carbocycles. The van der Waals surface area contributed by atoms with Gasteiger partial charge in [-0.2, -0.15) is 0 Å². The predicted molar refractivity (Wildman–Crippen MR) is 130 cm³/mol. The molecule has 0 aromatic carbocycles. The van der Waals surface area contributed by atoms with Gasteiger partial charge in [-0.1, -0.05) is 97.3 Å². The van der Waals surface area contributed by atoms with Crippen LogP contribution in [0.5, 0.6) is 0 Å². The fourth-order valence-electron chi connectivity index (χ4n) is 4.73. The van der Waals surface area contributed by atoms with Gasteiger partial charge in [-0.3, -0.25) is 14.4 Å². The molecule has 1 fully saturated rings. The number of esters is 2. The smallest absolute Gasteiger partial charge is 0.310 e. The monoisotopic (exact) mass is 468 g/mol. The van der Waals surface area contributed by atoms with Gasteiger partial charge in [0.2, 0.25) is 0 Å². The quantitative estimate of drug-likeness (QED) is 0.168. The molecule has 6 heteroatoms. The second-order valence-electron chi connectivity index (χ2n) is 9.59. The summed E-state index contributed by atoms with van der Waals surface area (Å²) < 4.78 is 10.9. The van der Waals surface area contributed by atoms with Crippen molar-refractivity contribution in [3.8, 4) is 0 Å². The molecule has 3 unspecified atom stereocenters. The summed E-state index contributed by atoms with van der Waals surface area (Å²) in [4.78, 5) is 37.3. The zero-order valence-electron chi connectivity index (χ0n) is 21.2. The molecule has 0 saturated heterocycles. The summed E-state index contributed by atoms with van der Waals surface area (Å²) in [7, 11) is 0. The number of ether oxygens (including phenoxy) is 2. The van der Waals surface area contributed by atoms with Crippen LogP contribution in [0.3, 0.4) is 0 Å². The highest BCUT2D eigenvalue weighted by atomic mass is 16.5. The molecule has 0 amide bonds. The third kappa shape index (κ3) is 12.4. The average molecular weight is 469 g/mol. The van der Waals surface area contributed by atoms with Crippen molar-refractivity contribution in [3.05, 3.63) is 0 Å². The van der Waals surface area contributed by atoms with Gasteiger partial charge in [0, 0.05) is 0 Å². The lowest BCUT2D eigenvalue weighted by molar-refractivity contribution is -0.170. The molecule has 1 aliphatic rings. The Labute approximate surface area is 201 Å². The third-order valence-electron chi connectivity index (χ3n) is 6.77. The molecule has 1 saturated carbocycles. The summed E-state index contributed by atoms with van der Waals surface area (Å²) in [5.74, 6) is -4.56. The van der Waals surface area contributed by atoms with Crippen molar-refractivity contribution in [1.29, 1.82) is 0 Å². The van der Waals surface area contributed by atoms with Crippen molar-refractivity contribution in [2.24, 2.45) is 17.8 Å². The Balaban J connectivity index is 2.44. The Morgan fingerprint density at radius 2 is 1.06 bits per heavy atom. The van der Waals surface area contributed by atoms with Gasteiger partial charge in [-0.15, -0.1) is 0 Å². The highest BCUT2D eigenvalue weighted by molar-refractivity contribution is 5.87. The van der Waals surface area contributed by atoms with Crippen LogP contribution in [0.15, 0.2) is 0 Å². The van der Waals surface area contributed by atoms with Gasteiger partial charge in [0.15, 0.2) is 0 Å². The number of rotatable bonds is 19. The van der Waals surface area contributed by atoms with Crippen molar-refractivity contribution in [2.45, 2.75) is 123 Å². The molecule has 0 aromatic heterocycles. The van der Waals surface area contributed by atoms with E-state index in [1.807, 2.05) is 0 Å². The highest BCUT2D eigenvalue weighted by Crippen LogP contribution is 2.37. The van der Waals surface area contributed by atoms with Crippen LogP contribution >= 0.6 is 0 Å². The van der Waals surface area contributed by atoms with E-state index in [1.54, 1.807) is 0 Å². The van der Waals surface area contributed by atoms with Crippen molar-refractivity contribution in [1.82, 2.24) is 0 Å². The largest absolute Gasteiger partial charge is 0.481 e. The van der Waals surface area contributed by atoms with Crippen LogP contribution in [0.25, 0.3) is 0 Å². The average Bonchev–Trinajstić information content (AvgIpc) is 2.81. The van der Waals surface area contributed by atoms with Gasteiger partial charge < -0.3 is 14.6 Å². The molecule has 1 rings (SSSR count). The van der Waals surface area contributed by atoms with E-state index >= 15 is 0 Å². The lowest BCUT2D eigenvalue weighted by Crippen LogP contribution is -2.43. The Morgan fingerprint density at radius 3 is 1.55 bits per heavy atom.